The minimum Gasteiger partial charge on any atom is -0.494 e. The molecule has 0 saturated carbocycles. The molecule has 124 valence electrons. The van der Waals surface area contributed by atoms with Gasteiger partial charge in [0.1, 0.15) is 5.75 Å². The van der Waals surface area contributed by atoms with E-state index >= 15 is 0 Å². The number of hydrogen-bond donors (Lipinski definition) is 0. The van der Waals surface area contributed by atoms with Crippen LogP contribution in [0.4, 0.5) is 13.2 Å². The lowest BCUT2D eigenvalue weighted by Crippen LogP contribution is -2.21. The zero-order valence-electron chi connectivity index (χ0n) is 12.4. The summed E-state index contributed by atoms with van der Waals surface area (Å²) in [6.07, 6.45) is -2.55. The van der Waals surface area contributed by atoms with Crippen molar-refractivity contribution in [2.24, 2.45) is 0 Å². The van der Waals surface area contributed by atoms with Gasteiger partial charge < -0.3 is 4.74 Å². The summed E-state index contributed by atoms with van der Waals surface area (Å²) in [5.74, 6) is 0.132. The summed E-state index contributed by atoms with van der Waals surface area (Å²) in [7, 11) is 0. The van der Waals surface area contributed by atoms with Gasteiger partial charge in [0, 0.05) is 17.6 Å². The van der Waals surface area contributed by atoms with Crippen LogP contribution in [-0.4, -0.2) is 11.2 Å². The number of nitrogens with zero attached hydrogens (tertiary/aromatic N) is 1. The molecule has 2 rings (SSSR count). The molecule has 0 atom stereocenters. The number of alkyl halides is 4. The summed E-state index contributed by atoms with van der Waals surface area (Å²) in [4.78, 5) is 12.1. The Kier molecular flexibility index (Phi) is 5.51. The SMILES string of the molecule is CCCOc1ccc(-n2ccc(CBr)cc2=O)c(C(F)(F)F)c1. The van der Waals surface area contributed by atoms with Crippen molar-refractivity contribution in [3.63, 3.8) is 0 Å². The summed E-state index contributed by atoms with van der Waals surface area (Å²) in [6, 6.07) is 6.51. The second-order valence-electron chi connectivity index (χ2n) is 4.90. The van der Waals surface area contributed by atoms with Crippen LogP contribution >= 0.6 is 15.9 Å². The molecule has 3 nitrogen and oxygen atoms in total. The number of pyridine rings is 1. The molecule has 0 bridgehead atoms. The van der Waals surface area contributed by atoms with Crippen LogP contribution in [0.2, 0.25) is 0 Å². The van der Waals surface area contributed by atoms with Crippen molar-refractivity contribution in [3.05, 3.63) is 58.0 Å². The molecule has 1 aromatic heterocycles. The first kappa shape index (κ1) is 17.6. The fourth-order valence-corrected chi connectivity index (χ4v) is 2.41. The molecule has 7 heteroatoms. The number of aromatic nitrogens is 1. The number of halogens is 4. The Morgan fingerprint density at radius 3 is 2.52 bits per heavy atom. The Hall–Kier alpha value is -1.76. The van der Waals surface area contributed by atoms with E-state index in [2.05, 4.69) is 15.9 Å². The first-order valence-corrected chi connectivity index (χ1v) is 8.11. The zero-order valence-corrected chi connectivity index (χ0v) is 13.9. The molecule has 0 radical (unpaired) electrons. The summed E-state index contributed by atoms with van der Waals surface area (Å²) in [6.45, 7) is 2.20. The van der Waals surface area contributed by atoms with Crippen molar-refractivity contribution in [2.75, 3.05) is 6.61 Å². The Balaban J connectivity index is 2.55. The standard InChI is InChI=1S/C16H15BrF3NO2/c1-2-7-23-12-3-4-14(13(9-12)16(18,19)20)21-6-5-11(10-17)8-15(21)22/h3-6,8-9H,2,7,10H2,1H3. The molecule has 0 spiro atoms. The third-order valence-corrected chi connectivity index (χ3v) is 3.79. The Morgan fingerprint density at radius 1 is 1.22 bits per heavy atom. The van der Waals surface area contributed by atoms with Gasteiger partial charge in [-0.15, -0.1) is 0 Å². The largest absolute Gasteiger partial charge is 0.494 e. The van der Waals surface area contributed by atoms with Crippen molar-refractivity contribution < 1.29 is 17.9 Å². The van der Waals surface area contributed by atoms with Gasteiger partial charge in [-0.1, -0.05) is 22.9 Å². The number of hydrogen-bond acceptors (Lipinski definition) is 2. The maximum absolute atomic E-state index is 13.3. The fourth-order valence-electron chi connectivity index (χ4n) is 2.06. The monoisotopic (exact) mass is 389 g/mol. The first-order chi connectivity index (χ1) is 10.9. The fraction of sp³-hybridized carbons (Fsp3) is 0.312. The van der Waals surface area contributed by atoms with Gasteiger partial charge >= 0.3 is 6.18 Å². The van der Waals surface area contributed by atoms with Crippen molar-refractivity contribution in [1.82, 2.24) is 4.57 Å². The van der Waals surface area contributed by atoms with Crippen LogP contribution in [0.15, 0.2) is 41.3 Å². The first-order valence-electron chi connectivity index (χ1n) is 6.98. The van der Waals surface area contributed by atoms with Crippen molar-refractivity contribution >= 4 is 15.9 Å². The highest BCUT2D eigenvalue weighted by Gasteiger charge is 2.34. The highest BCUT2D eigenvalue weighted by Crippen LogP contribution is 2.35. The molecule has 1 aromatic carbocycles. The molecule has 0 unspecified atom stereocenters. The van der Waals surface area contributed by atoms with Gasteiger partial charge in [0.25, 0.3) is 5.56 Å². The van der Waals surface area contributed by atoms with Gasteiger partial charge in [0.2, 0.25) is 0 Å². The normalized spacial score (nSPS) is 11.5. The summed E-state index contributed by atoms with van der Waals surface area (Å²) in [5.41, 5.74) is -0.940. The molecule has 0 aliphatic heterocycles. The predicted octanol–water partition coefficient (Wildman–Crippen LogP) is 4.54. The van der Waals surface area contributed by atoms with E-state index in [-0.39, 0.29) is 11.4 Å². The van der Waals surface area contributed by atoms with Crippen LogP contribution in [0, 0.1) is 0 Å². The van der Waals surface area contributed by atoms with Gasteiger partial charge in [-0.2, -0.15) is 13.2 Å². The van der Waals surface area contributed by atoms with Crippen molar-refractivity contribution in [2.45, 2.75) is 24.9 Å². The van der Waals surface area contributed by atoms with Crippen LogP contribution in [0.3, 0.4) is 0 Å². The molecular formula is C16H15BrF3NO2. The van der Waals surface area contributed by atoms with Crippen molar-refractivity contribution in [3.8, 4) is 11.4 Å². The predicted molar refractivity (Wildman–Crippen MR) is 85.5 cm³/mol. The molecule has 0 fully saturated rings. The molecule has 0 aliphatic rings. The average Bonchev–Trinajstić information content (AvgIpc) is 2.52. The molecule has 1 heterocycles. The maximum Gasteiger partial charge on any atom is 0.418 e. The van der Waals surface area contributed by atoms with Crippen LogP contribution < -0.4 is 10.3 Å². The van der Waals surface area contributed by atoms with Crippen LogP contribution in [-0.2, 0) is 11.5 Å². The quantitative estimate of drug-likeness (QED) is 0.702. The molecule has 23 heavy (non-hydrogen) atoms. The molecular weight excluding hydrogens is 375 g/mol. The third-order valence-electron chi connectivity index (χ3n) is 3.14. The Bertz CT molecular complexity index is 741. The third kappa shape index (κ3) is 4.16. The lowest BCUT2D eigenvalue weighted by Gasteiger charge is -2.16. The van der Waals surface area contributed by atoms with E-state index in [1.165, 1.54) is 24.4 Å². The Labute approximate surface area is 139 Å². The van der Waals surface area contributed by atoms with Crippen LogP contribution in [0.25, 0.3) is 5.69 Å². The summed E-state index contributed by atoms with van der Waals surface area (Å²) < 4.78 is 46.2. The molecule has 0 saturated heterocycles. The summed E-state index contributed by atoms with van der Waals surface area (Å²) >= 11 is 3.21. The van der Waals surface area contributed by atoms with E-state index in [9.17, 15) is 18.0 Å². The zero-order chi connectivity index (χ0) is 17.0. The maximum atomic E-state index is 13.3. The lowest BCUT2D eigenvalue weighted by molar-refractivity contribution is -0.137. The molecule has 0 aliphatic carbocycles. The lowest BCUT2D eigenvalue weighted by atomic mass is 10.1. The van der Waals surface area contributed by atoms with Gasteiger partial charge in [-0.3, -0.25) is 9.36 Å². The van der Waals surface area contributed by atoms with Crippen LogP contribution in [0.1, 0.15) is 24.5 Å². The van der Waals surface area contributed by atoms with Gasteiger partial charge in [-0.25, -0.2) is 0 Å². The molecule has 0 N–H and O–H groups in total. The van der Waals surface area contributed by atoms with E-state index in [4.69, 9.17) is 4.74 Å². The number of ether oxygens (including phenoxy) is 1. The summed E-state index contributed by atoms with van der Waals surface area (Å²) in [5, 5.41) is 0.457. The highest BCUT2D eigenvalue weighted by atomic mass is 79.9. The van der Waals surface area contributed by atoms with E-state index in [0.717, 1.165) is 10.6 Å². The van der Waals surface area contributed by atoms with E-state index in [1.807, 2.05) is 6.92 Å². The van der Waals surface area contributed by atoms with E-state index in [0.29, 0.717) is 23.9 Å². The second-order valence-corrected chi connectivity index (χ2v) is 5.46. The van der Waals surface area contributed by atoms with Crippen LogP contribution in [0.5, 0.6) is 5.75 Å². The second kappa shape index (κ2) is 7.21. The van der Waals surface area contributed by atoms with Gasteiger partial charge in [0.05, 0.1) is 17.9 Å². The topological polar surface area (TPSA) is 31.2 Å². The minimum atomic E-state index is -4.59. The minimum absolute atomic E-state index is 0.132. The number of rotatable bonds is 5. The molecule has 0 amide bonds. The Morgan fingerprint density at radius 2 is 1.96 bits per heavy atom. The van der Waals surface area contributed by atoms with Gasteiger partial charge in [-0.05, 0) is 36.2 Å². The van der Waals surface area contributed by atoms with E-state index < -0.39 is 17.3 Å². The van der Waals surface area contributed by atoms with E-state index in [1.54, 1.807) is 6.07 Å². The number of benzene rings is 1. The highest BCUT2D eigenvalue weighted by molar-refractivity contribution is 9.08. The average molecular weight is 390 g/mol. The smallest absolute Gasteiger partial charge is 0.418 e. The molecule has 2 aromatic rings. The van der Waals surface area contributed by atoms with Gasteiger partial charge in [0.15, 0.2) is 0 Å². The van der Waals surface area contributed by atoms with Crippen molar-refractivity contribution in [1.29, 1.82) is 0 Å².